The highest BCUT2D eigenvalue weighted by Gasteiger charge is 2.30. The van der Waals surface area contributed by atoms with E-state index >= 15 is 0 Å². The predicted octanol–water partition coefficient (Wildman–Crippen LogP) is 3.12. The number of amides is 1. The maximum absolute atomic E-state index is 12.0. The summed E-state index contributed by atoms with van der Waals surface area (Å²) in [5.74, 6) is 0.681. The van der Waals surface area contributed by atoms with Gasteiger partial charge in [0.05, 0.1) is 41.3 Å². The van der Waals surface area contributed by atoms with Crippen molar-refractivity contribution in [1.82, 2.24) is 24.5 Å². The van der Waals surface area contributed by atoms with E-state index in [0.717, 1.165) is 12.8 Å². The molecule has 12 nitrogen and oxygen atoms in total. The van der Waals surface area contributed by atoms with Crippen LogP contribution in [-0.4, -0.2) is 69.4 Å². The lowest BCUT2D eigenvalue weighted by Gasteiger charge is -2.41. The van der Waals surface area contributed by atoms with Gasteiger partial charge in [-0.3, -0.25) is 0 Å². The van der Waals surface area contributed by atoms with E-state index in [0.29, 0.717) is 64.8 Å². The number of nitrogens with zero attached hydrogens (tertiary/aromatic N) is 8. The van der Waals surface area contributed by atoms with Crippen molar-refractivity contribution >= 4 is 46.6 Å². The maximum atomic E-state index is 12.0. The molecule has 5 rings (SSSR count). The standard InChI is InChI=1S/C23H23ClN10O2/c1-13-12-32(23(35)36-2)5-6-33(13)18-8-14(9-25)7-17(19(18)24)29-21-30-20-15(10-26)11-27-34(20)22(31-21)28-16-3-4-16/h7-8,11,13,16H,3-6,12H2,1-2H3,(H2,28,29,30,31)/t13-/m1/s1. The fourth-order valence-electron chi connectivity index (χ4n) is 4.22. The summed E-state index contributed by atoms with van der Waals surface area (Å²) in [6.45, 7) is 3.41. The Morgan fingerprint density at radius 3 is 2.69 bits per heavy atom. The molecule has 1 aromatic carbocycles. The number of nitriles is 2. The summed E-state index contributed by atoms with van der Waals surface area (Å²) in [7, 11) is 1.36. The molecule has 3 aromatic rings. The number of hydrogen-bond donors (Lipinski definition) is 2. The van der Waals surface area contributed by atoms with Crippen LogP contribution in [0.4, 0.5) is 28.1 Å². The number of fused-ring (bicyclic) bond motifs is 1. The Morgan fingerprint density at radius 2 is 2.03 bits per heavy atom. The van der Waals surface area contributed by atoms with Gasteiger partial charge in [-0.1, -0.05) is 11.6 Å². The Bertz CT molecular complexity index is 1420. The second-order valence-electron chi connectivity index (χ2n) is 8.75. The van der Waals surface area contributed by atoms with E-state index in [1.807, 2.05) is 6.92 Å². The molecule has 0 unspecified atom stereocenters. The number of carbonyl (C=O) groups is 1. The molecule has 1 saturated heterocycles. The zero-order valence-corrected chi connectivity index (χ0v) is 20.5. The van der Waals surface area contributed by atoms with E-state index in [1.54, 1.807) is 17.0 Å². The topological polar surface area (TPSA) is 148 Å². The summed E-state index contributed by atoms with van der Waals surface area (Å²) in [5.41, 5.74) is 2.19. The molecular weight excluding hydrogens is 484 g/mol. The molecule has 36 heavy (non-hydrogen) atoms. The first kappa shape index (κ1) is 23.5. The lowest BCUT2D eigenvalue weighted by atomic mass is 10.1. The van der Waals surface area contributed by atoms with Crippen LogP contribution in [0.25, 0.3) is 5.65 Å². The van der Waals surface area contributed by atoms with Gasteiger partial charge in [-0.15, -0.1) is 0 Å². The molecule has 0 radical (unpaired) electrons. The smallest absolute Gasteiger partial charge is 0.409 e. The molecule has 13 heteroatoms. The maximum Gasteiger partial charge on any atom is 0.409 e. The number of aromatic nitrogens is 4. The average Bonchev–Trinajstić information content (AvgIpc) is 3.60. The molecule has 0 bridgehead atoms. The number of benzene rings is 1. The fraction of sp³-hybridized carbons (Fsp3) is 0.391. The number of methoxy groups -OCH3 is 1. The first-order valence-electron chi connectivity index (χ1n) is 11.4. The third-order valence-corrected chi connectivity index (χ3v) is 6.60. The van der Waals surface area contributed by atoms with Crippen LogP contribution in [0.1, 0.15) is 30.9 Å². The molecule has 1 saturated carbocycles. The molecule has 2 aliphatic rings. The van der Waals surface area contributed by atoms with Gasteiger partial charge in [-0.05, 0) is 31.9 Å². The summed E-state index contributed by atoms with van der Waals surface area (Å²) < 4.78 is 6.35. The summed E-state index contributed by atoms with van der Waals surface area (Å²) in [6, 6.07) is 7.87. The Balaban J connectivity index is 1.50. The number of anilines is 4. The largest absolute Gasteiger partial charge is 0.453 e. The number of hydrogen-bond acceptors (Lipinski definition) is 10. The molecule has 2 aromatic heterocycles. The van der Waals surface area contributed by atoms with E-state index < -0.39 is 0 Å². The van der Waals surface area contributed by atoms with Gasteiger partial charge < -0.3 is 25.2 Å². The van der Waals surface area contributed by atoms with Gasteiger partial charge in [-0.25, -0.2) is 4.79 Å². The van der Waals surface area contributed by atoms with E-state index in [1.165, 1.54) is 17.8 Å². The number of rotatable bonds is 5. The van der Waals surface area contributed by atoms with Gasteiger partial charge in [-0.2, -0.15) is 30.1 Å². The lowest BCUT2D eigenvalue weighted by Crippen LogP contribution is -2.53. The first-order valence-corrected chi connectivity index (χ1v) is 11.8. The summed E-state index contributed by atoms with van der Waals surface area (Å²) in [4.78, 5) is 24.7. The normalized spacial score (nSPS) is 17.4. The quantitative estimate of drug-likeness (QED) is 0.528. The van der Waals surface area contributed by atoms with Crippen LogP contribution in [0.5, 0.6) is 0 Å². The number of ether oxygens (including phenoxy) is 1. The molecule has 1 aliphatic carbocycles. The van der Waals surface area contributed by atoms with Gasteiger partial charge >= 0.3 is 6.09 Å². The highest BCUT2D eigenvalue weighted by Crippen LogP contribution is 2.37. The highest BCUT2D eigenvalue weighted by molar-refractivity contribution is 6.36. The van der Waals surface area contributed by atoms with Gasteiger partial charge in [0.1, 0.15) is 11.6 Å². The molecule has 3 heterocycles. The van der Waals surface area contributed by atoms with Crippen LogP contribution in [0.3, 0.4) is 0 Å². The van der Waals surface area contributed by atoms with Gasteiger partial charge in [0, 0.05) is 31.7 Å². The van der Waals surface area contributed by atoms with E-state index in [9.17, 15) is 15.3 Å². The monoisotopic (exact) mass is 506 g/mol. The van der Waals surface area contributed by atoms with Crippen LogP contribution in [0.2, 0.25) is 5.02 Å². The fourth-order valence-corrected chi connectivity index (χ4v) is 4.49. The Labute approximate surface area is 212 Å². The van der Waals surface area contributed by atoms with Crippen molar-refractivity contribution in [2.45, 2.75) is 31.8 Å². The average molecular weight is 507 g/mol. The second-order valence-corrected chi connectivity index (χ2v) is 9.13. The molecular formula is C23H23ClN10O2. The summed E-state index contributed by atoms with van der Waals surface area (Å²) in [5, 5.41) is 30.2. The Morgan fingerprint density at radius 1 is 1.22 bits per heavy atom. The Hall–Kier alpha value is -4.29. The zero-order valence-electron chi connectivity index (χ0n) is 19.7. The number of piperazine rings is 1. The third-order valence-electron chi connectivity index (χ3n) is 6.20. The van der Waals surface area contributed by atoms with Crippen molar-refractivity contribution in [2.24, 2.45) is 0 Å². The molecule has 2 N–H and O–H groups in total. The lowest BCUT2D eigenvalue weighted by molar-refractivity contribution is 0.116. The third kappa shape index (κ3) is 4.39. The molecule has 1 amide bonds. The molecule has 1 aliphatic heterocycles. The summed E-state index contributed by atoms with van der Waals surface area (Å²) in [6.07, 6.45) is 3.13. The van der Waals surface area contributed by atoms with Crippen LogP contribution in [0.15, 0.2) is 18.3 Å². The van der Waals surface area contributed by atoms with E-state index in [4.69, 9.17) is 16.3 Å². The number of halogens is 1. The van der Waals surface area contributed by atoms with E-state index in [-0.39, 0.29) is 18.1 Å². The van der Waals surface area contributed by atoms with Crippen molar-refractivity contribution < 1.29 is 9.53 Å². The highest BCUT2D eigenvalue weighted by atomic mass is 35.5. The van der Waals surface area contributed by atoms with Crippen molar-refractivity contribution in [3.05, 3.63) is 34.5 Å². The number of nitrogens with one attached hydrogen (secondary N) is 2. The van der Waals surface area contributed by atoms with Crippen molar-refractivity contribution in [1.29, 1.82) is 10.5 Å². The Kier molecular flexibility index (Phi) is 6.12. The van der Waals surface area contributed by atoms with Crippen LogP contribution in [-0.2, 0) is 4.74 Å². The molecule has 184 valence electrons. The van der Waals surface area contributed by atoms with Gasteiger partial charge in [0.15, 0.2) is 5.65 Å². The zero-order chi connectivity index (χ0) is 25.4. The SMILES string of the molecule is COC(=O)N1CCN(c2cc(C#N)cc(Nc3nc(NC4CC4)n4ncc(C#N)c4n3)c2Cl)[C@H](C)C1. The first-order chi connectivity index (χ1) is 17.4. The molecule has 0 spiro atoms. The number of carbonyl (C=O) groups excluding carboxylic acids is 1. The van der Waals surface area contributed by atoms with E-state index in [2.05, 4.69) is 42.7 Å². The van der Waals surface area contributed by atoms with Crippen molar-refractivity contribution in [3.8, 4) is 12.1 Å². The van der Waals surface area contributed by atoms with Gasteiger partial charge in [0.2, 0.25) is 11.9 Å². The molecule has 1 atom stereocenters. The van der Waals surface area contributed by atoms with Crippen LogP contribution < -0.4 is 15.5 Å². The minimum atomic E-state index is -0.375. The minimum absolute atomic E-state index is 0.0657. The van der Waals surface area contributed by atoms with Crippen LogP contribution in [0, 0.1) is 22.7 Å². The van der Waals surface area contributed by atoms with Crippen molar-refractivity contribution in [2.75, 3.05) is 42.3 Å². The predicted molar refractivity (Wildman–Crippen MR) is 132 cm³/mol. The summed E-state index contributed by atoms with van der Waals surface area (Å²) >= 11 is 6.84. The second kappa shape index (κ2) is 9.40. The van der Waals surface area contributed by atoms with Gasteiger partial charge in [0.25, 0.3) is 0 Å². The van der Waals surface area contributed by atoms with Crippen molar-refractivity contribution in [3.63, 3.8) is 0 Å². The minimum Gasteiger partial charge on any atom is -0.453 e. The van der Waals surface area contributed by atoms with Crippen LogP contribution >= 0.6 is 11.6 Å². The molecule has 2 fully saturated rings.